The van der Waals surface area contributed by atoms with E-state index in [0.29, 0.717) is 11.6 Å². The summed E-state index contributed by atoms with van der Waals surface area (Å²) in [6.07, 6.45) is 5.66. The van der Waals surface area contributed by atoms with Gasteiger partial charge in [-0.25, -0.2) is 9.97 Å². The van der Waals surface area contributed by atoms with E-state index >= 15 is 0 Å². The molecule has 0 spiro atoms. The number of imidazole rings is 1. The largest absolute Gasteiger partial charge is 0.341 e. The van der Waals surface area contributed by atoms with Crippen molar-refractivity contribution in [1.29, 1.82) is 0 Å². The van der Waals surface area contributed by atoms with Crippen LogP contribution in [0.5, 0.6) is 0 Å². The maximum absolute atomic E-state index is 13.0. The highest BCUT2D eigenvalue weighted by Crippen LogP contribution is 2.35. The van der Waals surface area contributed by atoms with Crippen LogP contribution < -0.4 is 5.32 Å². The maximum Gasteiger partial charge on any atom is 0.315 e. The maximum atomic E-state index is 13.0. The van der Waals surface area contributed by atoms with E-state index in [4.69, 9.17) is 9.51 Å². The van der Waals surface area contributed by atoms with Gasteiger partial charge in [-0.1, -0.05) is 50.5 Å². The third-order valence-electron chi connectivity index (χ3n) is 7.52. The molecule has 1 aliphatic carbocycles. The number of amides is 1. The fourth-order valence-electron chi connectivity index (χ4n) is 5.35. The van der Waals surface area contributed by atoms with Gasteiger partial charge in [0.15, 0.2) is 17.3 Å². The summed E-state index contributed by atoms with van der Waals surface area (Å²) in [5.74, 6) is 0.881. The molecule has 1 unspecified atom stereocenters. The molecule has 10 nitrogen and oxygen atoms in total. The van der Waals surface area contributed by atoms with E-state index in [1.165, 1.54) is 5.56 Å². The Hall–Kier alpha value is -4.34. The molecule has 0 aliphatic heterocycles. The second-order valence-corrected chi connectivity index (χ2v) is 11.5. The Labute approximate surface area is 232 Å². The monoisotopic (exact) mass is 538 g/mol. The number of H-pyrrole nitrogens is 1. The van der Waals surface area contributed by atoms with Crippen molar-refractivity contribution in [2.75, 3.05) is 0 Å². The van der Waals surface area contributed by atoms with Crippen LogP contribution >= 0.6 is 0 Å². The number of nitrogens with one attached hydrogen (secondary N) is 2. The zero-order chi connectivity index (χ0) is 28.0. The first kappa shape index (κ1) is 25.9. The molecule has 6 rings (SSSR count). The summed E-state index contributed by atoms with van der Waals surface area (Å²) in [4.78, 5) is 30.2. The molecule has 0 saturated heterocycles. The minimum Gasteiger partial charge on any atom is -0.341 e. The van der Waals surface area contributed by atoms with Crippen LogP contribution in [-0.4, -0.2) is 40.8 Å². The minimum absolute atomic E-state index is 0.000167. The molecule has 10 heteroatoms. The standard InChI is InChI=1S/C30H34N8O2/c1-6-38-17(2)15-23(36-38)25-33-24-21(13-14-31-26(24)34-25)19-11-12-20-18(16-19)9-7-8-10-22(20)32-27(39)28-35-29(37-40-28)30(3,4)5/h11-16,22H,6-10H2,1-5H3,(H,32,39)(H,31,33,34). The number of aromatic amines is 1. The first-order chi connectivity index (χ1) is 19.2. The minimum atomic E-state index is -0.342. The molecule has 0 radical (unpaired) electrons. The van der Waals surface area contributed by atoms with E-state index in [9.17, 15) is 4.79 Å². The topological polar surface area (TPSA) is 127 Å². The lowest BCUT2D eigenvalue weighted by Gasteiger charge is -2.19. The Balaban J connectivity index is 1.31. The summed E-state index contributed by atoms with van der Waals surface area (Å²) < 4.78 is 7.24. The summed E-state index contributed by atoms with van der Waals surface area (Å²) in [7, 11) is 0. The zero-order valence-electron chi connectivity index (χ0n) is 23.6. The number of hydrogen-bond donors (Lipinski definition) is 2. The van der Waals surface area contributed by atoms with Gasteiger partial charge in [0.25, 0.3) is 0 Å². The lowest BCUT2D eigenvalue weighted by molar-refractivity contribution is 0.0890. The highest BCUT2D eigenvalue weighted by molar-refractivity contribution is 5.92. The van der Waals surface area contributed by atoms with Crippen LogP contribution in [-0.2, 0) is 18.4 Å². The van der Waals surface area contributed by atoms with Crippen molar-refractivity contribution in [1.82, 2.24) is 40.2 Å². The molecular formula is C30H34N8O2. The van der Waals surface area contributed by atoms with Crippen LogP contribution in [0.1, 0.15) is 86.3 Å². The summed E-state index contributed by atoms with van der Waals surface area (Å²) in [6.45, 7) is 10.9. The molecule has 4 heterocycles. The highest BCUT2D eigenvalue weighted by atomic mass is 16.5. The van der Waals surface area contributed by atoms with E-state index in [0.717, 1.165) is 71.5 Å². The molecule has 4 aromatic heterocycles. The van der Waals surface area contributed by atoms with Gasteiger partial charge in [-0.2, -0.15) is 10.1 Å². The zero-order valence-corrected chi connectivity index (χ0v) is 23.6. The van der Waals surface area contributed by atoms with Crippen molar-refractivity contribution in [2.45, 2.75) is 78.3 Å². The summed E-state index contributed by atoms with van der Waals surface area (Å²) >= 11 is 0. The molecule has 206 valence electrons. The molecule has 0 bridgehead atoms. The van der Waals surface area contributed by atoms with Crippen molar-refractivity contribution in [2.24, 2.45) is 0 Å². The number of fused-ring (bicyclic) bond motifs is 2. The van der Waals surface area contributed by atoms with E-state index < -0.39 is 0 Å². The van der Waals surface area contributed by atoms with Gasteiger partial charge in [0.2, 0.25) is 0 Å². The van der Waals surface area contributed by atoms with Crippen LogP contribution in [0.3, 0.4) is 0 Å². The van der Waals surface area contributed by atoms with Gasteiger partial charge in [-0.3, -0.25) is 9.48 Å². The number of pyridine rings is 1. The van der Waals surface area contributed by atoms with Crippen LogP contribution in [0.2, 0.25) is 0 Å². The molecule has 1 amide bonds. The Morgan fingerprint density at radius 1 is 1.18 bits per heavy atom. The van der Waals surface area contributed by atoms with Gasteiger partial charge in [0.05, 0.1) is 6.04 Å². The smallest absolute Gasteiger partial charge is 0.315 e. The second-order valence-electron chi connectivity index (χ2n) is 11.5. The van der Waals surface area contributed by atoms with Gasteiger partial charge in [-0.05, 0) is 61.9 Å². The molecule has 2 N–H and O–H groups in total. The van der Waals surface area contributed by atoms with Crippen LogP contribution in [0, 0.1) is 6.92 Å². The molecule has 5 aromatic rings. The number of hydrogen-bond acceptors (Lipinski definition) is 7. The first-order valence-electron chi connectivity index (χ1n) is 13.9. The molecule has 1 atom stereocenters. The molecule has 1 aromatic carbocycles. The molecule has 0 fully saturated rings. The van der Waals surface area contributed by atoms with Crippen LogP contribution in [0.25, 0.3) is 33.8 Å². The van der Waals surface area contributed by atoms with Gasteiger partial charge in [-0.15, -0.1) is 0 Å². The summed E-state index contributed by atoms with van der Waals surface area (Å²) in [5.41, 5.74) is 7.56. The Morgan fingerprint density at radius 3 is 2.77 bits per heavy atom. The summed E-state index contributed by atoms with van der Waals surface area (Å²) in [6, 6.07) is 10.4. The SMILES string of the molecule is CCn1nc(-c2nc3c(-c4ccc5c(c4)CCCCC5NC(=O)c4nc(C(C)(C)C)no4)ccnc3[nH]2)cc1C. The van der Waals surface area contributed by atoms with Crippen LogP contribution in [0.4, 0.5) is 0 Å². The third-order valence-corrected chi connectivity index (χ3v) is 7.52. The Morgan fingerprint density at radius 2 is 2.02 bits per heavy atom. The normalized spacial score (nSPS) is 15.7. The fourth-order valence-corrected chi connectivity index (χ4v) is 5.35. The van der Waals surface area contributed by atoms with Gasteiger partial charge in [0.1, 0.15) is 11.2 Å². The Bertz CT molecular complexity index is 1700. The quantitative estimate of drug-likeness (QED) is 0.275. The second kappa shape index (κ2) is 10.0. The van der Waals surface area contributed by atoms with Gasteiger partial charge in [0, 0.05) is 29.4 Å². The number of aromatic nitrogens is 7. The molecule has 1 aliphatic rings. The van der Waals surface area contributed by atoms with Gasteiger partial charge >= 0.3 is 11.8 Å². The van der Waals surface area contributed by atoms with Crippen molar-refractivity contribution in [3.63, 3.8) is 0 Å². The predicted molar refractivity (Wildman–Crippen MR) is 152 cm³/mol. The number of carbonyl (C=O) groups excluding carboxylic acids is 1. The van der Waals surface area contributed by atoms with E-state index in [1.54, 1.807) is 6.20 Å². The number of aryl methyl sites for hydroxylation is 3. The lowest BCUT2D eigenvalue weighted by Crippen LogP contribution is -2.29. The third kappa shape index (κ3) is 4.78. The number of carbonyl (C=O) groups is 1. The van der Waals surface area contributed by atoms with Crippen molar-refractivity contribution < 1.29 is 9.32 Å². The van der Waals surface area contributed by atoms with Crippen LogP contribution in [0.15, 0.2) is 41.1 Å². The van der Waals surface area contributed by atoms with Crippen molar-refractivity contribution in [3.05, 3.63) is 65.1 Å². The number of rotatable bonds is 5. The number of nitrogens with zero attached hydrogens (tertiary/aromatic N) is 6. The van der Waals surface area contributed by atoms with E-state index in [1.807, 2.05) is 44.5 Å². The predicted octanol–water partition coefficient (Wildman–Crippen LogP) is 5.69. The molecule has 40 heavy (non-hydrogen) atoms. The average Bonchev–Trinajstić information content (AvgIpc) is 3.65. The van der Waals surface area contributed by atoms with Gasteiger partial charge < -0.3 is 14.8 Å². The van der Waals surface area contributed by atoms with E-state index in [-0.39, 0.29) is 23.3 Å². The number of benzene rings is 1. The Kier molecular flexibility index (Phi) is 6.48. The van der Waals surface area contributed by atoms with E-state index in [2.05, 4.69) is 55.6 Å². The lowest BCUT2D eigenvalue weighted by atomic mass is 9.94. The highest BCUT2D eigenvalue weighted by Gasteiger charge is 2.27. The fraction of sp³-hybridized carbons (Fsp3) is 0.400. The average molecular weight is 539 g/mol. The summed E-state index contributed by atoms with van der Waals surface area (Å²) in [5, 5.41) is 11.8. The molecular weight excluding hydrogens is 504 g/mol. The van der Waals surface area contributed by atoms with Crippen molar-refractivity contribution >= 4 is 17.1 Å². The first-order valence-corrected chi connectivity index (χ1v) is 13.9. The van der Waals surface area contributed by atoms with Crippen molar-refractivity contribution in [3.8, 4) is 22.6 Å². The molecule has 0 saturated carbocycles.